The van der Waals surface area contributed by atoms with Crippen molar-refractivity contribution in [3.8, 4) is 5.75 Å². The van der Waals surface area contributed by atoms with E-state index in [1.54, 1.807) is 0 Å². The van der Waals surface area contributed by atoms with Gasteiger partial charge in [-0.1, -0.05) is 13.8 Å². The molecule has 0 amide bonds. The number of aromatic nitrogens is 1. The molecule has 0 aromatic carbocycles. The average molecular weight is 223 g/mol. The van der Waals surface area contributed by atoms with Crippen LogP contribution in [0.25, 0.3) is 0 Å². The third kappa shape index (κ3) is 4.19. The number of aryl methyl sites for hydroxylation is 1. The van der Waals surface area contributed by atoms with Gasteiger partial charge in [-0.2, -0.15) is 0 Å². The molecular formula is C13H21NO2. The van der Waals surface area contributed by atoms with Gasteiger partial charge in [-0.25, -0.2) is 0 Å². The molecule has 0 saturated carbocycles. The van der Waals surface area contributed by atoms with Crippen LogP contribution < -0.4 is 4.74 Å². The second-order valence-electron chi connectivity index (χ2n) is 4.44. The second kappa shape index (κ2) is 6.48. The number of hydrogen-bond donors (Lipinski definition) is 1. The van der Waals surface area contributed by atoms with E-state index in [2.05, 4.69) is 18.8 Å². The lowest BCUT2D eigenvalue weighted by atomic mass is 10.1. The Labute approximate surface area is 97.5 Å². The van der Waals surface area contributed by atoms with Crippen LogP contribution in [-0.4, -0.2) is 16.7 Å². The quantitative estimate of drug-likeness (QED) is 0.754. The van der Waals surface area contributed by atoms with E-state index >= 15 is 0 Å². The second-order valence-corrected chi connectivity index (χ2v) is 4.44. The molecule has 3 nitrogen and oxygen atoms in total. The summed E-state index contributed by atoms with van der Waals surface area (Å²) in [5.74, 6) is 1.41. The van der Waals surface area contributed by atoms with Gasteiger partial charge in [-0.05, 0) is 37.8 Å². The van der Waals surface area contributed by atoms with Crippen molar-refractivity contribution in [2.24, 2.45) is 5.92 Å². The van der Waals surface area contributed by atoms with E-state index < -0.39 is 0 Å². The van der Waals surface area contributed by atoms with Crippen LogP contribution in [0.3, 0.4) is 0 Å². The van der Waals surface area contributed by atoms with Gasteiger partial charge in [-0.3, -0.25) is 4.98 Å². The Morgan fingerprint density at radius 1 is 1.38 bits per heavy atom. The van der Waals surface area contributed by atoms with Crippen LogP contribution in [0.2, 0.25) is 0 Å². The minimum atomic E-state index is -0.0683. The lowest BCUT2D eigenvalue weighted by molar-refractivity contribution is 0.252. The summed E-state index contributed by atoms with van der Waals surface area (Å²) in [5.41, 5.74) is 1.53. The van der Waals surface area contributed by atoms with E-state index in [-0.39, 0.29) is 6.61 Å². The SMILES string of the molecule is Cc1ccc(OCCCC(C)C)c(CO)n1. The topological polar surface area (TPSA) is 42.4 Å². The van der Waals surface area contributed by atoms with Crippen molar-refractivity contribution in [2.45, 2.75) is 40.2 Å². The fraction of sp³-hybridized carbons (Fsp3) is 0.615. The van der Waals surface area contributed by atoms with Crippen molar-refractivity contribution in [1.82, 2.24) is 4.98 Å². The maximum absolute atomic E-state index is 9.15. The van der Waals surface area contributed by atoms with Crippen molar-refractivity contribution >= 4 is 0 Å². The minimum Gasteiger partial charge on any atom is -0.492 e. The van der Waals surface area contributed by atoms with Gasteiger partial charge in [0.1, 0.15) is 11.4 Å². The molecule has 0 aliphatic heterocycles. The maximum Gasteiger partial charge on any atom is 0.143 e. The van der Waals surface area contributed by atoms with Gasteiger partial charge in [0.05, 0.1) is 13.2 Å². The van der Waals surface area contributed by atoms with Crippen LogP contribution in [-0.2, 0) is 6.61 Å². The molecule has 0 radical (unpaired) electrons. The molecule has 1 heterocycles. The first-order valence-electron chi connectivity index (χ1n) is 5.83. The normalized spacial score (nSPS) is 10.8. The molecule has 0 aliphatic rings. The molecule has 0 fully saturated rings. The molecule has 0 saturated heterocycles. The van der Waals surface area contributed by atoms with Crippen molar-refractivity contribution in [3.05, 3.63) is 23.5 Å². The lowest BCUT2D eigenvalue weighted by Crippen LogP contribution is -2.03. The summed E-state index contributed by atoms with van der Waals surface area (Å²) in [4.78, 5) is 4.23. The number of aliphatic hydroxyl groups is 1. The summed E-state index contributed by atoms with van der Waals surface area (Å²) < 4.78 is 5.61. The van der Waals surface area contributed by atoms with Gasteiger partial charge in [0.2, 0.25) is 0 Å². The molecule has 0 bridgehead atoms. The highest BCUT2D eigenvalue weighted by atomic mass is 16.5. The van der Waals surface area contributed by atoms with E-state index in [0.717, 1.165) is 18.5 Å². The summed E-state index contributed by atoms with van der Waals surface area (Å²) in [6.45, 7) is 6.93. The highest BCUT2D eigenvalue weighted by Crippen LogP contribution is 2.17. The fourth-order valence-electron chi connectivity index (χ4n) is 1.52. The van der Waals surface area contributed by atoms with Crippen molar-refractivity contribution < 1.29 is 9.84 Å². The van der Waals surface area contributed by atoms with E-state index in [0.29, 0.717) is 24.0 Å². The molecule has 90 valence electrons. The van der Waals surface area contributed by atoms with Crippen molar-refractivity contribution in [2.75, 3.05) is 6.61 Å². The maximum atomic E-state index is 9.15. The largest absolute Gasteiger partial charge is 0.492 e. The molecule has 3 heteroatoms. The number of aliphatic hydroxyl groups excluding tert-OH is 1. The van der Waals surface area contributed by atoms with Gasteiger partial charge in [0.25, 0.3) is 0 Å². The third-order valence-corrected chi connectivity index (χ3v) is 2.40. The molecule has 1 aromatic heterocycles. The van der Waals surface area contributed by atoms with Gasteiger partial charge >= 0.3 is 0 Å². The van der Waals surface area contributed by atoms with E-state index in [9.17, 15) is 0 Å². The lowest BCUT2D eigenvalue weighted by Gasteiger charge is -2.10. The molecule has 0 unspecified atom stereocenters. The Hall–Kier alpha value is -1.09. The van der Waals surface area contributed by atoms with Gasteiger partial charge in [0, 0.05) is 5.69 Å². The summed E-state index contributed by atoms with van der Waals surface area (Å²) in [6, 6.07) is 3.78. The third-order valence-electron chi connectivity index (χ3n) is 2.40. The number of hydrogen-bond acceptors (Lipinski definition) is 3. The first kappa shape index (κ1) is 13.0. The van der Waals surface area contributed by atoms with Crippen molar-refractivity contribution in [3.63, 3.8) is 0 Å². The van der Waals surface area contributed by atoms with Gasteiger partial charge < -0.3 is 9.84 Å². The van der Waals surface area contributed by atoms with Crippen LogP contribution in [0.4, 0.5) is 0 Å². The first-order valence-corrected chi connectivity index (χ1v) is 5.83. The zero-order valence-electron chi connectivity index (χ0n) is 10.4. The van der Waals surface area contributed by atoms with Crippen LogP contribution in [0.1, 0.15) is 38.1 Å². The predicted octanol–water partition coefficient (Wildman–Crippen LogP) is 2.70. The number of nitrogens with zero attached hydrogens (tertiary/aromatic N) is 1. The average Bonchev–Trinajstić information content (AvgIpc) is 2.25. The van der Waals surface area contributed by atoms with Crippen LogP contribution in [0.15, 0.2) is 12.1 Å². The minimum absolute atomic E-state index is 0.0683. The summed E-state index contributed by atoms with van der Waals surface area (Å²) in [7, 11) is 0. The van der Waals surface area contributed by atoms with Gasteiger partial charge in [-0.15, -0.1) is 0 Å². The van der Waals surface area contributed by atoms with Crippen LogP contribution >= 0.6 is 0 Å². The number of pyridine rings is 1. The Kier molecular flexibility index (Phi) is 5.26. The summed E-state index contributed by atoms with van der Waals surface area (Å²) >= 11 is 0. The van der Waals surface area contributed by atoms with Gasteiger partial charge in [0.15, 0.2) is 0 Å². The van der Waals surface area contributed by atoms with Crippen molar-refractivity contribution in [1.29, 1.82) is 0 Å². The monoisotopic (exact) mass is 223 g/mol. The fourth-order valence-corrected chi connectivity index (χ4v) is 1.52. The van der Waals surface area contributed by atoms with E-state index in [4.69, 9.17) is 9.84 Å². The molecule has 0 spiro atoms. The van der Waals surface area contributed by atoms with E-state index in [1.165, 1.54) is 0 Å². The predicted molar refractivity (Wildman–Crippen MR) is 64.5 cm³/mol. The Bertz CT molecular complexity index is 324. The Balaban J connectivity index is 2.47. The molecule has 16 heavy (non-hydrogen) atoms. The number of rotatable bonds is 6. The molecule has 1 aromatic rings. The molecule has 1 N–H and O–H groups in total. The molecule has 0 aliphatic carbocycles. The standard InChI is InChI=1S/C13H21NO2/c1-10(2)5-4-8-16-13-7-6-11(3)14-12(13)9-15/h6-7,10,15H,4-5,8-9H2,1-3H3. The highest BCUT2D eigenvalue weighted by Gasteiger charge is 2.04. The zero-order valence-corrected chi connectivity index (χ0v) is 10.4. The molecule has 1 rings (SSSR count). The van der Waals surface area contributed by atoms with Crippen LogP contribution in [0.5, 0.6) is 5.75 Å². The summed E-state index contributed by atoms with van der Waals surface area (Å²) in [5, 5.41) is 9.15. The Morgan fingerprint density at radius 2 is 2.12 bits per heavy atom. The van der Waals surface area contributed by atoms with Crippen LogP contribution in [0, 0.1) is 12.8 Å². The Morgan fingerprint density at radius 3 is 2.75 bits per heavy atom. The number of ether oxygens (including phenoxy) is 1. The molecular weight excluding hydrogens is 202 g/mol. The van der Waals surface area contributed by atoms with E-state index in [1.807, 2.05) is 19.1 Å². The smallest absolute Gasteiger partial charge is 0.143 e. The first-order chi connectivity index (χ1) is 7.63. The summed E-state index contributed by atoms with van der Waals surface area (Å²) in [6.07, 6.45) is 2.20. The highest BCUT2D eigenvalue weighted by molar-refractivity contribution is 5.28. The zero-order chi connectivity index (χ0) is 12.0. The molecule has 0 atom stereocenters.